The van der Waals surface area contributed by atoms with Crippen molar-refractivity contribution in [3.63, 3.8) is 0 Å². The average Bonchev–Trinajstić information content (AvgIpc) is 2.65. The van der Waals surface area contributed by atoms with E-state index in [2.05, 4.69) is 14.7 Å². The van der Waals surface area contributed by atoms with Crippen LogP contribution in [-0.2, 0) is 10.0 Å². The highest BCUT2D eigenvalue weighted by molar-refractivity contribution is 7.89. The van der Waals surface area contributed by atoms with Crippen molar-refractivity contribution in [2.45, 2.75) is 42.7 Å². The first kappa shape index (κ1) is 19.1. The van der Waals surface area contributed by atoms with Gasteiger partial charge in [0, 0.05) is 18.2 Å². The molecule has 1 aromatic carbocycles. The van der Waals surface area contributed by atoms with Gasteiger partial charge in [-0.1, -0.05) is 6.07 Å². The number of nitrogens with one attached hydrogen (secondary N) is 1. The summed E-state index contributed by atoms with van der Waals surface area (Å²) in [5.41, 5.74) is -0.283. The summed E-state index contributed by atoms with van der Waals surface area (Å²) in [5, 5.41) is 10.8. The third-order valence-electron chi connectivity index (χ3n) is 4.20. The van der Waals surface area contributed by atoms with Gasteiger partial charge in [-0.3, -0.25) is 10.1 Å². The number of nitro benzene ring substituents is 1. The van der Waals surface area contributed by atoms with Crippen molar-refractivity contribution < 1.29 is 22.5 Å². The molecule has 0 spiro atoms. The number of hydrogen-bond donors (Lipinski definition) is 1. The van der Waals surface area contributed by atoms with Crippen LogP contribution >= 0.6 is 0 Å². The molecular weight excluding hydrogens is 379 g/mol. The highest BCUT2D eigenvalue weighted by Crippen LogP contribution is 2.24. The van der Waals surface area contributed by atoms with E-state index in [9.17, 15) is 22.9 Å². The molecule has 0 saturated heterocycles. The van der Waals surface area contributed by atoms with Crippen molar-refractivity contribution in [1.29, 1.82) is 0 Å². The van der Waals surface area contributed by atoms with Crippen molar-refractivity contribution in [2.24, 2.45) is 0 Å². The van der Waals surface area contributed by atoms with Crippen molar-refractivity contribution in [1.82, 2.24) is 14.7 Å². The fourth-order valence-corrected chi connectivity index (χ4v) is 4.20. The van der Waals surface area contributed by atoms with E-state index < -0.39 is 20.8 Å². The number of aromatic nitrogens is 2. The maximum absolute atomic E-state index is 12.8. The Balaban J connectivity index is 1.57. The van der Waals surface area contributed by atoms with Gasteiger partial charge in [-0.15, -0.1) is 0 Å². The van der Waals surface area contributed by atoms with E-state index in [1.165, 1.54) is 18.2 Å². The molecule has 1 saturated carbocycles. The lowest BCUT2D eigenvalue weighted by molar-refractivity contribution is -0.385. The fraction of sp³-hybridized carbons (Fsp3) is 0.375. The molecule has 1 aliphatic rings. The number of sulfonamides is 1. The fourth-order valence-electron chi connectivity index (χ4n) is 2.86. The van der Waals surface area contributed by atoms with Gasteiger partial charge < -0.3 is 4.74 Å². The van der Waals surface area contributed by atoms with E-state index >= 15 is 0 Å². The Bertz CT molecular complexity index is 915. The third kappa shape index (κ3) is 4.95. The molecule has 0 unspecified atom stereocenters. The van der Waals surface area contributed by atoms with Crippen molar-refractivity contribution in [2.75, 3.05) is 0 Å². The smallest absolute Gasteiger partial charge is 0.316 e. The summed E-state index contributed by atoms with van der Waals surface area (Å²) in [4.78, 5) is 17.5. The SMILES string of the molecule is O=[N+]([O-])c1cccc(S(=O)(=O)NC2CCC(Oc3ncc(F)cn3)CC2)c1. The predicted molar refractivity (Wildman–Crippen MR) is 92.1 cm³/mol. The van der Waals surface area contributed by atoms with Gasteiger partial charge in [0.2, 0.25) is 10.0 Å². The molecule has 0 bridgehead atoms. The van der Waals surface area contributed by atoms with Gasteiger partial charge in [0.15, 0.2) is 5.82 Å². The molecule has 1 heterocycles. The minimum Gasteiger partial charge on any atom is -0.460 e. The Hall–Kier alpha value is -2.66. The van der Waals surface area contributed by atoms with Crippen LogP contribution < -0.4 is 9.46 Å². The second kappa shape index (κ2) is 7.92. The van der Waals surface area contributed by atoms with Crippen LogP contribution in [0.4, 0.5) is 10.1 Å². The van der Waals surface area contributed by atoms with Gasteiger partial charge in [-0.05, 0) is 31.7 Å². The normalized spacial score (nSPS) is 20.2. The molecule has 1 fully saturated rings. The quantitative estimate of drug-likeness (QED) is 0.586. The van der Waals surface area contributed by atoms with E-state index in [1.54, 1.807) is 0 Å². The first-order valence-corrected chi connectivity index (χ1v) is 9.73. The van der Waals surface area contributed by atoms with Gasteiger partial charge in [0.25, 0.3) is 5.69 Å². The molecule has 1 aromatic heterocycles. The second-order valence-corrected chi connectivity index (χ2v) is 7.87. The van der Waals surface area contributed by atoms with Gasteiger partial charge in [0.05, 0.1) is 22.2 Å². The molecule has 11 heteroatoms. The number of nitrogens with zero attached hydrogens (tertiary/aromatic N) is 3. The second-order valence-electron chi connectivity index (χ2n) is 6.15. The van der Waals surface area contributed by atoms with E-state index in [4.69, 9.17) is 4.74 Å². The maximum atomic E-state index is 12.8. The minimum atomic E-state index is -3.86. The van der Waals surface area contributed by atoms with Gasteiger partial charge in [0.1, 0.15) is 6.10 Å². The third-order valence-corrected chi connectivity index (χ3v) is 5.72. The zero-order valence-corrected chi connectivity index (χ0v) is 14.9. The Kier molecular flexibility index (Phi) is 5.61. The molecule has 144 valence electrons. The standard InChI is InChI=1S/C16H17FN4O5S/c17-11-9-18-16(19-10-11)26-14-6-4-12(5-7-14)20-27(24,25)15-3-1-2-13(8-15)21(22)23/h1-3,8-10,12,14,20H,4-7H2. The number of halogens is 1. The van der Waals surface area contributed by atoms with Crippen LogP contribution in [-0.4, -0.2) is 35.5 Å². The summed E-state index contributed by atoms with van der Waals surface area (Å²) in [6, 6.07) is 4.69. The lowest BCUT2D eigenvalue weighted by atomic mass is 9.94. The summed E-state index contributed by atoms with van der Waals surface area (Å²) < 4.78 is 45.9. The number of rotatable bonds is 6. The van der Waals surface area contributed by atoms with Gasteiger partial charge >= 0.3 is 6.01 Å². The number of benzene rings is 1. The molecule has 3 rings (SSSR count). The number of nitro groups is 1. The molecule has 0 amide bonds. The van der Waals surface area contributed by atoms with Gasteiger partial charge in [-0.25, -0.2) is 27.5 Å². The lowest BCUT2D eigenvalue weighted by Crippen LogP contribution is -2.39. The van der Waals surface area contributed by atoms with E-state index in [0.717, 1.165) is 18.5 Å². The molecule has 0 radical (unpaired) electrons. The zero-order chi connectivity index (χ0) is 19.4. The van der Waals surface area contributed by atoms with Crippen LogP contribution in [0.3, 0.4) is 0 Å². The van der Waals surface area contributed by atoms with Crippen LogP contribution in [0.1, 0.15) is 25.7 Å². The number of non-ortho nitro benzene ring substituents is 1. The molecule has 0 atom stereocenters. The highest BCUT2D eigenvalue weighted by Gasteiger charge is 2.27. The Morgan fingerprint density at radius 2 is 1.85 bits per heavy atom. The topological polar surface area (TPSA) is 124 Å². The average molecular weight is 396 g/mol. The van der Waals surface area contributed by atoms with Crippen LogP contribution in [0.25, 0.3) is 0 Å². The first-order chi connectivity index (χ1) is 12.8. The predicted octanol–water partition coefficient (Wildman–Crippen LogP) is 2.19. The minimum absolute atomic E-state index is 0.0806. The van der Waals surface area contributed by atoms with Crippen LogP contribution in [0.5, 0.6) is 6.01 Å². The van der Waals surface area contributed by atoms with Crippen LogP contribution in [0.15, 0.2) is 41.6 Å². The van der Waals surface area contributed by atoms with Crippen LogP contribution in [0, 0.1) is 15.9 Å². The van der Waals surface area contributed by atoms with Crippen molar-refractivity contribution in [3.8, 4) is 6.01 Å². The molecule has 9 nitrogen and oxygen atoms in total. The van der Waals surface area contributed by atoms with Gasteiger partial charge in [-0.2, -0.15) is 0 Å². The molecule has 27 heavy (non-hydrogen) atoms. The Labute approximate surface area is 154 Å². The Morgan fingerprint density at radius 1 is 1.19 bits per heavy atom. The molecular formula is C16H17FN4O5S. The summed E-state index contributed by atoms with van der Waals surface area (Å²) in [6.45, 7) is 0. The summed E-state index contributed by atoms with van der Waals surface area (Å²) >= 11 is 0. The first-order valence-electron chi connectivity index (χ1n) is 8.24. The summed E-state index contributed by atoms with van der Waals surface area (Å²) in [7, 11) is -3.86. The molecule has 1 aliphatic carbocycles. The maximum Gasteiger partial charge on any atom is 0.316 e. The van der Waals surface area contributed by atoms with E-state index in [0.29, 0.717) is 25.7 Å². The number of hydrogen-bond acceptors (Lipinski definition) is 7. The lowest BCUT2D eigenvalue weighted by Gasteiger charge is -2.28. The van der Waals surface area contributed by atoms with E-state index in [-0.39, 0.29) is 28.7 Å². The Morgan fingerprint density at radius 3 is 2.48 bits per heavy atom. The molecule has 1 N–H and O–H groups in total. The van der Waals surface area contributed by atoms with Crippen LogP contribution in [0.2, 0.25) is 0 Å². The summed E-state index contributed by atoms with van der Waals surface area (Å²) in [5.74, 6) is -0.554. The highest BCUT2D eigenvalue weighted by atomic mass is 32.2. The summed E-state index contributed by atoms with van der Waals surface area (Å²) in [6.07, 6.45) is 4.04. The van der Waals surface area contributed by atoms with Crippen molar-refractivity contribution in [3.05, 3.63) is 52.6 Å². The largest absolute Gasteiger partial charge is 0.460 e. The zero-order valence-electron chi connectivity index (χ0n) is 14.1. The van der Waals surface area contributed by atoms with E-state index in [1.807, 2.05) is 0 Å². The molecule has 2 aromatic rings. The monoisotopic (exact) mass is 396 g/mol. The van der Waals surface area contributed by atoms with Crippen molar-refractivity contribution >= 4 is 15.7 Å². The number of ether oxygens (including phenoxy) is 1. The molecule has 0 aliphatic heterocycles.